The van der Waals surface area contributed by atoms with E-state index in [4.69, 9.17) is 0 Å². The number of ketones is 1. The Morgan fingerprint density at radius 1 is 1.38 bits per heavy atom. The lowest BCUT2D eigenvalue weighted by atomic mass is 9.79. The van der Waals surface area contributed by atoms with E-state index in [1.165, 1.54) is 6.92 Å². The Balaban J connectivity index is 2.56. The maximum Gasteiger partial charge on any atom is 0.237 e. The first-order valence-electron chi connectivity index (χ1n) is 5.34. The number of Topliss-reactive ketones (excluding diaryl/α,β-unsaturated/α-hetero) is 1. The molecule has 1 heterocycles. The van der Waals surface area contributed by atoms with Crippen LogP contribution in [0.15, 0.2) is 24.3 Å². The van der Waals surface area contributed by atoms with Gasteiger partial charge in [0.1, 0.15) is 5.78 Å². The zero-order valence-corrected chi connectivity index (χ0v) is 9.78. The molecule has 0 fully saturated rings. The topological polar surface area (TPSA) is 37.4 Å². The normalized spacial score (nSPS) is 23.4. The number of rotatable bonds is 2. The molecule has 2 rings (SSSR count). The zero-order valence-electron chi connectivity index (χ0n) is 9.78. The van der Waals surface area contributed by atoms with Crippen molar-refractivity contribution >= 4 is 17.4 Å². The minimum atomic E-state index is -0.683. The minimum absolute atomic E-state index is 0.00361. The third kappa shape index (κ3) is 1.35. The molecular weight excluding hydrogens is 202 g/mol. The van der Waals surface area contributed by atoms with Gasteiger partial charge < -0.3 is 4.90 Å². The summed E-state index contributed by atoms with van der Waals surface area (Å²) in [6.45, 7) is 3.37. The van der Waals surface area contributed by atoms with Gasteiger partial charge in [-0.25, -0.2) is 0 Å². The van der Waals surface area contributed by atoms with Gasteiger partial charge in [-0.1, -0.05) is 18.2 Å². The van der Waals surface area contributed by atoms with Crippen LogP contribution in [-0.2, 0) is 15.0 Å². The van der Waals surface area contributed by atoms with Crippen molar-refractivity contribution in [2.24, 2.45) is 0 Å². The van der Waals surface area contributed by atoms with Gasteiger partial charge in [-0.2, -0.15) is 0 Å². The van der Waals surface area contributed by atoms with Gasteiger partial charge in [0, 0.05) is 19.2 Å². The van der Waals surface area contributed by atoms with Crippen molar-refractivity contribution in [3.63, 3.8) is 0 Å². The van der Waals surface area contributed by atoms with E-state index in [-0.39, 0.29) is 18.1 Å². The highest BCUT2D eigenvalue weighted by molar-refractivity contribution is 6.09. The van der Waals surface area contributed by atoms with E-state index in [0.29, 0.717) is 0 Å². The lowest BCUT2D eigenvalue weighted by molar-refractivity contribution is -0.127. The first-order chi connectivity index (χ1) is 7.47. The number of benzene rings is 1. The third-order valence-electron chi connectivity index (χ3n) is 3.24. The predicted octanol–water partition coefficient (Wildman–Crippen LogP) is 1.90. The number of likely N-dealkylation sites (N-methyl/N-ethyl adjacent to an activating group) is 1. The summed E-state index contributed by atoms with van der Waals surface area (Å²) >= 11 is 0. The second-order valence-electron chi connectivity index (χ2n) is 4.59. The molecule has 0 bridgehead atoms. The van der Waals surface area contributed by atoms with E-state index in [0.717, 1.165) is 11.3 Å². The molecule has 84 valence electrons. The van der Waals surface area contributed by atoms with Crippen molar-refractivity contribution in [1.82, 2.24) is 0 Å². The number of carbonyl (C=O) groups is 2. The molecule has 0 spiro atoms. The van der Waals surface area contributed by atoms with Crippen LogP contribution in [0.1, 0.15) is 25.8 Å². The minimum Gasteiger partial charge on any atom is -0.314 e. The molecule has 16 heavy (non-hydrogen) atoms. The van der Waals surface area contributed by atoms with Crippen LogP contribution < -0.4 is 4.90 Å². The molecule has 0 unspecified atom stereocenters. The molecule has 1 amide bonds. The molecular formula is C13H15NO2. The number of hydrogen-bond acceptors (Lipinski definition) is 2. The molecule has 1 aromatic rings. The molecule has 1 aliphatic rings. The van der Waals surface area contributed by atoms with Crippen LogP contribution in [0.3, 0.4) is 0 Å². The van der Waals surface area contributed by atoms with Gasteiger partial charge in [0.2, 0.25) is 5.91 Å². The van der Waals surface area contributed by atoms with Crippen molar-refractivity contribution in [3.8, 4) is 0 Å². The van der Waals surface area contributed by atoms with Gasteiger partial charge in [-0.15, -0.1) is 0 Å². The highest BCUT2D eigenvalue weighted by Gasteiger charge is 2.46. The average Bonchev–Trinajstić information content (AvgIpc) is 2.42. The van der Waals surface area contributed by atoms with Crippen LogP contribution in [0.4, 0.5) is 5.69 Å². The number of amides is 1. The average molecular weight is 217 g/mol. The van der Waals surface area contributed by atoms with E-state index in [9.17, 15) is 9.59 Å². The maximum atomic E-state index is 12.2. The quantitative estimate of drug-likeness (QED) is 0.758. The lowest BCUT2D eigenvalue weighted by Crippen LogP contribution is -2.37. The summed E-state index contributed by atoms with van der Waals surface area (Å²) in [5, 5.41) is 0. The van der Waals surface area contributed by atoms with Crippen molar-refractivity contribution in [2.45, 2.75) is 25.7 Å². The fourth-order valence-electron chi connectivity index (χ4n) is 2.50. The van der Waals surface area contributed by atoms with Gasteiger partial charge >= 0.3 is 0 Å². The number of anilines is 1. The van der Waals surface area contributed by atoms with Crippen molar-refractivity contribution < 1.29 is 9.59 Å². The Bertz CT molecular complexity index is 467. The van der Waals surface area contributed by atoms with Crippen molar-refractivity contribution in [1.29, 1.82) is 0 Å². The highest BCUT2D eigenvalue weighted by atomic mass is 16.2. The summed E-state index contributed by atoms with van der Waals surface area (Å²) in [6.07, 6.45) is 0.271. The molecule has 3 nitrogen and oxygen atoms in total. The summed E-state index contributed by atoms with van der Waals surface area (Å²) in [6, 6.07) is 7.66. The highest BCUT2D eigenvalue weighted by Crippen LogP contribution is 2.42. The molecule has 0 aromatic heterocycles. The first kappa shape index (κ1) is 10.9. The molecule has 0 aliphatic carbocycles. The molecule has 0 radical (unpaired) electrons. The van der Waals surface area contributed by atoms with Crippen LogP contribution >= 0.6 is 0 Å². The third-order valence-corrected chi connectivity index (χ3v) is 3.24. The van der Waals surface area contributed by atoms with Crippen LogP contribution in [0.25, 0.3) is 0 Å². The molecule has 0 N–H and O–H groups in total. The standard InChI is InChI=1S/C13H15NO2/c1-9(15)8-13(2)10-6-4-5-7-11(10)14(3)12(13)16/h4-7H,8H2,1-3H3/t13-/m0/s1. The lowest BCUT2D eigenvalue weighted by Gasteiger charge is -2.21. The summed E-state index contributed by atoms with van der Waals surface area (Å²) in [5.41, 5.74) is 1.19. The smallest absolute Gasteiger partial charge is 0.237 e. The monoisotopic (exact) mass is 217 g/mol. The van der Waals surface area contributed by atoms with E-state index < -0.39 is 5.41 Å². The summed E-state index contributed by atoms with van der Waals surface area (Å²) < 4.78 is 0. The Morgan fingerprint density at radius 3 is 2.62 bits per heavy atom. The molecule has 1 aliphatic heterocycles. The van der Waals surface area contributed by atoms with Crippen LogP contribution in [-0.4, -0.2) is 18.7 Å². The molecule has 1 aromatic carbocycles. The van der Waals surface area contributed by atoms with Gasteiger partial charge in [0.05, 0.1) is 5.41 Å². The fraction of sp³-hybridized carbons (Fsp3) is 0.385. The van der Waals surface area contributed by atoms with E-state index in [1.807, 2.05) is 31.2 Å². The Hall–Kier alpha value is -1.64. The number of para-hydroxylation sites is 1. The first-order valence-corrected chi connectivity index (χ1v) is 5.34. The Kier molecular flexibility index (Phi) is 2.34. The molecule has 3 heteroatoms. The molecule has 0 saturated heterocycles. The Morgan fingerprint density at radius 2 is 2.00 bits per heavy atom. The Labute approximate surface area is 95.1 Å². The zero-order chi connectivity index (χ0) is 11.9. The molecule has 0 saturated carbocycles. The van der Waals surface area contributed by atoms with Crippen molar-refractivity contribution in [2.75, 3.05) is 11.9 Å². The van der Waals surface area contributed by atoms with Gasteiger partial charge in [0.25, 0.3) is 0 Å². The van der Waals surface area contributed by atoms with E-state index in [2.05, 4.69) is 0 Å². The number of carbonyl (C=O) groups excluding carboxylic acids is 2. The van der Waals surface area contributed by atoms with E-state index in [1.54, 1.807) is 11.9 Å². The van der Waals surface area contributed by atoms with E-state index >= 15 is 0 Å². The number of nitrogens with zero attached hydrogens (tertiary/aromatic N) is 1. The second kappa shape index (κ2) is 3.44. The largest absolute Gasteiger partial charge is 0.314 e. The number of fused-ring (bicyclic) bond motifs is 1. The second-order valence-corrected chi connectivity index (χ2v) is 4.59. The maximum absolute atomic E-state index is 12.2. The summed E-state index contributed by atoms with van der Waals surface area (Å²) in [7, 11) is 1.76. The van der Waals surface area contributed by atoms with Crippen LogP contribution in [0.5, 0.6) is 0 Å². The fourth-order valence-corrected chi connectivity index (χ4v) is 2.50. The SMILES string of the molecule is CC(=O)C[C@]1(C)C(=O)N(C)c2ccccc21. The van der Waals surface area contributed by atoms with Gasteiger partial charge in [0.15, 0.2) is 0 Å². The van der Waals surface area contributed by atoms with Crippen molar-refractivity contribution in [3.05, 3.63) is 29.8 Å². The van der Waals surface area contributed by atoms with Crippen LogP contribution in [0.2, 0.25) is 0 Å². The molecule has 1 atom stereocenters. The summed E-state index contributed by atoms with van der Waals surface area (Å²) in [4.78, 5) is 25.1. The summed E-state index contributed by atoms with van der Waals surface area (Å²) in [5.74, 6) is 0.0462. The predicted molar refractivity (Wildman–Crippen MR) is 62.5 cm³/mol. The van der Waals surface area contributed by atoms with Gasteiger partial charge in [-0.3, -0.25) is 9.59 Å². The van der Waals surface area contributed by atoms with Crippen LogP contribution in [0, 0.1) is 0 Å². The van der Waals surface area contributed by atoms with Gasteiger partial charge in [-0.05, 0) is 25.5 Å². The number of hydrogen-bond donors (Lipinski definition) is 0.